The standard InChI is InChI=1S/C11H13NO4S/c1-17(15,16)12-7-3-5-8-9(11(13)14)4-2-6-10(8)12/h2,4,6H,3,5,7H2,1H3,(H,13,14). The van der Waals surface area contributed by atoms with Crippen LogP contribution < -0.4 is 4.31 Å². The number of benzene rings is 1. The lowest BCUT2D eigenvalue weighted by Gasteiger charge is -2.29. The van der Waals surface area contributed by atoms with Crippen LogP contribution in [0.25, 0.3) is 0 Å². The molecule has 0 saturated heterocycles. The molecule has 1 aliphatic rings. The lowest BCUT2D eigenvalue weighted by atomic mass is 9.98. The van der Waals surface area contributed by atoms with Crippen molar-refractivity contribution in [1.82, 2.24) is 0 Å². The molecule has 0 aromatic heterocycles. The van der Waals surface area contributed by atoms with Crippen LogP contribution in [0.2, 0.25) is 0 Å². The number of carbonyl (C=O) groups is 1. The first-order valence-electron chi connectivity index (χ1n) is 5.24. The topological polar surface area (TPSA) is 74.7 Å². The molecule has 1 aromatic carbocycles. The Bertz CT molecular complexity index is 565. The van der Waals surface area contributed by atoms with E-state index in [4.69, 9.17) is 5.11 Å². The quantitative estimate of drug-likeness (QED) is 0.858. The normalized spacial score (nSPS) is 15.5. The van der Waals surface area contributed by atoms with Crippen LogP contribution in [0.15, 0.2) is 18.2 Å². The molecule has 1 heterocycles. The fourth-order valence-corrected chi connectivity index (χ4v) is 3.12. The summed E-state index contributed by atoms with van der Waals surface area (Å²) in [6.45, 7) is 0.412. The smallest absolute Gasteiger partial charge is 0.336 e. The molecule has 0 radical (unpaired) electrons. The van der Waals surface area contributed by atoms with E-state index >= 15 is 0 Å². The second kappa shape index (κ2) is 4.03. The second-order valence-electron chi connectivity index (χ2n) is 4.05. The minimum atomic E-state index is -3.34. The van der Waals surface area contributed by atoms with Crippen LogP contribution in [0.5, 0.6) is 0 Å². The maximum atomic E-state index is 11.6. The predicted octanol–water partition coefficient (Wildman–Crippen LogP) is 1.10. The van der Waals surface area contributed by atoms with E-state index < -0.39 is 16.0 Å². The number of aromatic carboxylic acids is 1. The molecule has 0 aliphatic carbocycles. The van der Waals surface area contributed by atoms with Gasteiger partial charge in [0.05, 0.1) is 17.5 Å². The second-order valence-corrected chi connectivity index (χ2v) is 5.95. The van der Waals surface area contributed by atoms with Gasteiger partial charge in [-0.2, -0.15) is 0 Å². The van der Waals surface area contributed by atoms with Crippen molar-refractivity contribution in [2.75, 3.05) is 17.1 Å². The monoisotopic (exact) mass is 255 g/mol. The van der Waals surface area contributed by atoms with Gasteiger partial charge in [0.1, 0.15) is 0 Å². The number of hydrogen-bond donors (Lipinski definition) is 1. The number of carboxylic acids is 1. The molecule has 6 heteroatoms. The molecule has 92 valence electrons. The van der Waals surface area contributed by atoms with E-state index in [0.29, 0.717) is 30.6 Å². The van der Waals surface area contributed by atoms with Crippen LogP contribution in [-0.4, -0.2) is 32.3 Å². The van der Waals surface area contributed by atoms with E-state index in [1.807, 2.05) is 0 Å². The van der Waals surface area contributed by atoms with Crippen LogP contribution in [0.3, 0.4) is 0 Å². The molecule has 1 aromatic rings. The molecule has 17 heavy (non-hydrogen) atoms. The molecule has 2 rings (SSSR count). The number of fused-ring (bicyclic) bond motifs is 1. The van der Waals surface area contributed by atoms with Crippen molar-refractivity contribution in [1.29, 1.82) is 0 Å². The van der Waals surface area contributed by atoms with E-state index in [-0.39, 0.29) is 5.56 Å². The Labute approximate surface area is 99.7 Å². The van der Waals surface area contributed by atoms with Gasteiger partial charge in [-0.25, -0.2) is 13.2 Å². The van der Waals surface area contributed by atoms with Crippen molar-refractivity contribution in [3.05, 3.63) is 29.3 Å². The zero-order chi connectivity index (χ0) is 12.6. The van der Waals surface area contributed by atoms with Gasteiger partial charge in [0.2, 0.25) is 10.0 Å². The van der Waals surface area contributed by atoms with Crippen molar-refractivity contribution in [3.63, 3.8) is 0 Å². The zero-order valence-corrected chi connectivity index (χ0v) is 10.2. The Morgan fingerprint density at radius 1 is 1.41 bits per heavy atom. The highest BCUT2D eigenvalue weighted by Gasteiger charge is 2.26. The molecule has 1 N–H and O–H groups in total. The summed E-state index contributed by atoms with van der Waals surface area (Å²) in [6.07, 6.45) is 2.38. The lowest BCUT2D eigenvalue weighted by Crippen LogP contribution is -2.35. The molecule has 0 unspecified atom stereocenters. The van der Waals surface area contributed by atoms with Crippen molar-refractivity contribution in [2.45, 2.75) is 12.8 Å². The maximum Gasteiger partial charge on any atom is 0.336 e. The van der Waals surface area contributed by atoms with Gasteiger partial charge in [0.15, 0.2) is 0 Å². The average Bonchev–Trinajstić information content (AvgIpc) is 2.26. The number of nitrogens with zero attached hydrogens (tertiary/aromatic N) is 1. The molecule has 0 spiro atoms. The van der Waals surface area contributed by atoms with E-state index in [0.717, 1.165) is 6.26 Å². The molecule has 0 fully saturated rings. The van der Waals surface area contributed by atoms with Crippen molar-refractivity contribution in [2.24, 2.45) is 0 Å². The first kappa shape index (κ1) is 11.9. The SMILES string of the molecule is CS(=O)(=O)N1CCCc2c(C(=O)O)cccc21. The van der Waals surface area contributed by atoms with Gasteiger partial charge in [0.25, 0.3) is 0 Å². The van der Waals surface area contributed by atoms with Crippen molar-refractivity contribution >= 4 is 21.7 Å². The summed E-state index contributed by atoms with van der Waals surface area (Å²) in [4.78, 5) is 11.1. The van der Waals surface area contributed by atoms with Gasteiger partial charge in [-0.05, 0) is 30.5 Å². The van der Waals surface area contributed by atoms with Crippen LogP contribution in [0, 0.1) is 0 Å². The molecule has 0 amide bonds. The van der Waals surface area contributed by atoms with Crippen molar-refractivity contribution < 1.29 is 18.3 Å². The Balaban J connectivity index is 2.61. The molecule has 0 saturated carbocycles. The number of rotatable bonds is 2. The van der Waals surface area contributed by atoms with Gasteiger partial charge in [0, 0.05) is 6.54 Å². The Hall–Kier alpha value is -1.56. The Kier molecular flexibility index (Phi) is 2.82. The van der Waals surface area contributed by atoms with E-state index in [9.17, 15) is 13.2 Å². The average molecular weight is 255 g/mol. The summed E-state index contributed by atoms with van der Waals surface area (Å²) >= 11 is 0. The van der Waals surface area contributed by atoms with Gasteiger partial charge in [-0.1, -0.05) is 6.07 Å². The van der Waals surface area contributed by atoms with Crippen LogP contribution >= 0.6 is 0 Å². The van der Waals surface area contributed by atoms with E-state index in [1.165, 1.54) is 10.4 Å². The minimum absolute atomic E-state index is 0.191. The van der Waals surface area contributed by atoms with E-state index in [1.54, 1.807) is 12.1 Å². The molecular weight excluding hydrogens is 242 g/mol. The highest BCUT2D eigenvalue weighted by atomic mass is 32.2. The Morgan fingerprint density at radius 3 is 2.71 bits per heavy atom. The third kappa shape index (κ3) is 2.12. The molecular formula is C11H13NO4S. The zero-order valence-electron chi connectivity index (χ0n) is 9.38. The number of carboxylic acid groups (broad SMARTS) is 1. The summed E-state index contributed by atoms with van der Waals surface area (Å²) in [5.41, 5.74) is 1.30. The van der Waals surface area contributed by atoms with Crippen LogP contribution in [0.1, 0.15) is 22.3 Å². The summed E-state index contributed by atoms with van der Waals surface area (Å²) in [5.74, 6) is -1.02. The first-order valence-corrected chi connectivity index (χ1v) is 7.09. The van der Waals surface area contributed by atoms with Gasteiger partial charge in [-0.15, -0.1) is 0 Å². The molecule has 5 nitrogen and oxygen atoms in total. The van der Waals surface area contributed by atoms with Gasteiger partial charge >= 0.3 is 5.97 Å². The largest absolute Gasteiger partial charge is 0.478 e. The molecule has 1 aliphatic heterocycles. The fourth-order valence-electron chi connectivity index (χ4n) is 2.14. The number of sulfonamides is 1. The number of anilines is 1. The third-order valence-electron chi connectivity index (χ3n) is 2.84. The van der Waals surface area contributed by atoms with Crippen LogP contribution in [-0.2, 0) is 16.4 Å². The fraction of sp³-hybridized carbons (Fsp3) is 0.364. The van der Waals surface area contributed by atoms with Gasteiger partial charge < -0.3 is 5.11 Å². The van der Waals surface area contributed by atoms with E-state index in [2.05, 4.69) is 0 Å². The maximum absolute atomic E-state index is 11.6. The summed E-state index contributed by atoms with van der Waals surface area (Å²) in [6, 6.07) is 4.74. The summed E-state index contributed by atoms with van der Waals surface area (Å²) < 4.78 is 24.5. The van der Waals surface area contributed by atoms with Crippen molar-refractivity contribution in [3.8, 4) is 0 Å². The summed E-state index contributed by atoms with van der Waals surface area (Å²) in [7, 11) is -3.34. The Morgan fingerprint density at radius 2 is 2.12 bits per heavy atom. The summed E-state index contributed by atoms with van der Waals surface area (Å²) in [5, 5.41) is 9.06. The highest BCUT2D eigenvalue weighted by Crippen LogP contribution is 2.31. The highest BCUT2D eigenvalue weighted by molar-refractivity contribution is 7.92. The number of hydrogen-bond acceptors (Lipinski definition) is 3. The predicted molar refractivity (Wildman–Crippen MR) is 63.9 cm³/mol. The van der Waals surface area contributed by atoms with Crippen LogP contribution in [0.4, 0.5) is 5.69 Å². The minimum Gasteiger partial charge on any atom is -0.478 e. The lowest BCUT2D eigenvalue weighted by molar-refractivity contribution is 0.0695. The molecule has 0 bridgehead atoms. The first-order chi connectivity index (χ1) is 7.91. The third-order valence-corrected chi connectivity index (χ3v) is 4.02. The van der Waals surface area contributed by atoms with Gasteiger partial charge in [-0.3, -0.25) is 4.31 Å². The molecule has 0 atom stereocenters.